The highest BCUT2D eigenvalue weighted by molar-refractivity contribution is 6.17. The van der Waals surface area contributed by atoms with E-state index in [2.05, 4.69) is 4.74 Å². The molecule has 2 aromatic rings. The zero-order valence-corrected chi connectivity index (χ0v) is 15.7. The molecular weight excluding hydrogens is 368 g/mol. The monoisotopic (exact) mass is 386 g/mol. The van der Waals surface area contributed by atoms with Gasteiger partial charge in [0, 0.05) is 0 Å². The van der Waals surface area contributed by atoms with E-state index in [9.17, 15) is 29.4 Å². The van der Waals surface area contributed by atoms with Crippen molar-refractivity contribution in [2.75, 3.05) is 14.2 Å². The SMILES string of the molecule is COC(=O)c1c(-c2cccc(C)c2C)cc(C(=O)O)c(C(=O)O)c1C(=O)OC. The maximum absolute atomic E-state index is 12.5. The number of aryl methyl sites for hydroxylation is 1. The molecule has 0 radical (unpaired) electrons. The van der Waals surface area contributed by atoms with E-state index in [1.807, 2.05) is 13.0 Å². The van der Waals surface area contributed by atoms with Gasteiger partial charge >= 0.3 is 23.9 Å². The predicted molar refractivity (Wildman–Crippen MR) is 97.9 cm³/mol. The average Bonchev–Trinajstić information content (AvgIpc) is 2.66. The van der Waals surface area contributed by atoms with Crippen molar-refractivity contribution in [3.8, 4) is 11.1 Å². The van der Waals surface area contributed by atoms with Gasteiger partial charge in [0.2, 0.25) is 0 Å². The molecular formula is C20H18O8. The van der Waals surface area contributed by atoms with Crippen LogP contribution in [0.2, 0.25) is 0 Å². The van der Waals surface area contributed by atoms with Crippen molar-refractivity contribution in [3.63, 3.8) is 0 Å². The number of rotatable bonds is 5. The molecule has 146 valence electrons. The molecule has 0 aromatic heterocycles. The van der Waals surface area contributed by atoms with E-state index < -0.39 is 40.6 Å². The van der Waals surface area contributed by atoms with E-state index in [0.29, 0.717) is 5.56 Å². The summed E-state index contributed by atoms with van der Waals surface area (Å²) in [7, 11) is 2.07. The van der Waals surface area contributed by atoms with Crippen LogP contribution in [0.1, 0.15) is 52.6 Å². The second-order valence-electron chi connectivity index (χ2n) is 5.94. The average molecular weight is 386 g/mol. The Morgan fingerprint density at radius 3 is 1.86 bits per heavy atom. The Bertz CT molecular complexity index is 1000. The number of carboxylic acid groups (broad SMARTS) is 2. The number of esters is 2. The third-order valence-corrected chi connectivity index (χ3v) is 4.45. The van der Waals surface area contributed by atoms with Crippen LogP contribution in [0, 0.1) is 13.8 Å². The quantitative estimate of drug-likeness (QED) is 0.751. The Kier molecular flexibility index (Phi) is 5.83. The van der Waals surface area contributed by atoms with E-state index in [1.54, 1.807) is 19.1 Å². The fraction of sp³-hybridized carbons (Fsp3) is 0.200. The fourth-order valence-electron chi connectivity index (χ4n) is 2.95. The summed E-state index contributed by atoms with van der Waals surface area (Å²) in [6.45, 7) is 3.58. The van der Waals surface area contributed by atoms with E-state index in [-0.39, 0.29) is 11.1 Å². The molecule has 0 atom stereocenters. The standard InChI is InChI=1S/C20H18O8/c1-9-6-5-7-11(10(9)2)12-8-13(17(21)22)14(18(23)24)16(20(26)28-4)15(12)19(25)27-3/h5-8H,1-4H3,(H,21,22)(H,23,24). The Morgan fingerprint density at radius 2 is 1.36 bits per heavy atom. The summed E-state index contributed by atoms with van der Waals surface area (Å²) >= 11 is 0. The van der Waals surface area contributed by atoms with Gasteiger partial charge in [-0.15, -0.1) is 0 Å². The largest absolute Gasteiger partial charge is 0.478 e. The van der Waals surface area contributed by atoms with E-state index in [1.165, 1.54) is 0 Å². The van der Waals surface area contributed by atoms with Gasteiger partial charge in [0.25, 0.3) is 0 Å². The van der Waals surface area contributed by atoms with Crippen molar-refractivity contribution >= 4 is 23.9 Å². The molecule has 0 aliphatic rings. The van der Waals surface area contributed by atoms with Gasteiger partial charge in [0.1, 0.15) is 0 Å². The lowest BCUT2D eigenvalue weighted by atomic mass is 9.86. The number of carbonyl (C=O) groups is 4. The molecule has 0 heterocycles. The van der Waals surface area contributed by atoms with Gasteiger partial charge in [-0.1, -0.05) is 18.2 Å². The molecule has 0 saturated heterocycles. The van der Waals surface area contributed by atoms with Gasteiger partial charge < -0.3 is 19.7 Å². The molecule has 0 spiro atoms. The van der Waals surface area contributed by atoms with Gasteiger partial charge in [0.15, 0.2) is 0 Å². The minimum absolute atomic E-state index is 0.0656. The minimum Gasteiger partial charge on any atom is -0.478 e. The molecule has 0 fully saturated rings. The zero-order valence-electron chi connectivity index (χ0n) is 15.7. The number of carboxylic acids is 2. The van der Waals surface area contributed by atoms with Gasteiger partial charge in [-0.25, -0.2) is 19.2 Å². The Balaban J connectivity index is 3.16. The molecule has 0 saturated carbocycles. The molecule has 8 heteroatoms. The van der Waals surface area contributed by atoms with Crippen LogP contribution in [0.4, 0.5) is 0 Å². The minimum atomic E-state index is -1.68. The van der Waals surface area contributed by atoms with Crippen molar-refractivity contribution in [2.24, 2.45) is 0 Å². The van der Waals surface area contributed by atoms with E-state index in [0.717, 1.165) is 31.4 Å². The normalized spacial score (nSPS) is 10.3. The maximum Gasteiger partial charge on any atom is 0.339 e. The molecule has 0 unspecified atom stereocenters. The summed E-state index contributed by atoms with van der Waals surface area (Å²) in [5.41, 5.74) is -0.413. The van der Waals surface area contributed by atoms with E-state index in [4.69, 9.17) is 4.74 Å². The van der Waals surface area contributed by atoms with Crippen LogP contribution in [0.15, 0.2) is 24.3 Å². The lowest BCUT2D eigenvalue weighted by molar-refractivity contribution is 0.0545. The van der Waals surface area contributed by atoms with Crippen molar-refractivity contribution in [1.29, 1.82) is 0 Å². The summed E-state index contributed by atoms with van der Waals surface area (Å²) in [5.74, 6) is -5.40. The van der Waals surface area contributed by atoms with Gasteiger partial charge in [-0.2, -0.15) is 0 Å². The molecule has 28 heavy (non-hydrogen) atoms. The van der Waals surface area contributed by atoms with Gasteiger partial charge in [0.05, 0.1) is 36.5 Å². The molecule has 0 amide bonds. The van der Waals surface area contributed by atoms with Crippen molar-refractivity contribution < 1.29 is 38.9 Å². The first-order chi connectivity index (χ1) is 13.1. The smallest absolute Gasteiger partial charge is 0.339 e. The number of carbonyl (C=O) groups excluding carboxylic acids is 2. The molecule has 2 rings (SSSR count). The second-order valence-corrected chi connectivity index (χ2v) is 5.94. The molecule has 0 aliphatic heterocycles. The van der Waals surface area contributed by atoms with Crippen molar-refractivity contribution in [3.05, 3.63) is 57.6 Å². The highest BCUT2D eigenvalue weighted by atomic mass is 16.5. The van der Waals surface area contributed by atoms with Crippen molar-refractivity contribution in [1.82, 2.24) is 0 Å². The van der Waals surface area contributed by atoms with Crippen LogP contribution >= 0.6 is 0 Å². The number of aromatic carboxylic acids is 2. The summed E-state index contributed by atoms with van der Waals surface area (Å²) in [4.78, 5) is 48.5. The van der Waals surface area contributed by atoms with Crippen LogP contribution in [0.25, 0.3) is 11.1 Å². The number of hydrogen-bond donors (Lipinski definition) is 2. The third kappa shape index (κ3) is 3.44. The van der Waals surface area contributed by atoms with E-state index >= 15 is 0 Å². The Morgan fingerprint density at radius 1 is 0.786 bits per heavy atom. The number of hydrogen-bond acceptors (Lipinski definition) is 6. The molecule has 0 bridgehead atoms. The highest BCUT2D eigenvalue weighted by Gasteiger charge is 2.34. The maximum atomic E-state index is 12.5. The summed E-state index contributed by atoms with van der Waals surface area (Å²) < 4.78 is 9.39. The van der Waals surface area contributed by atoms with Gasteiger partial charge in [-0.05, 0) is 42.2 Å². The van der Waals surface area contributed by atoms with Gasteiger partial charge in [-0.3, -0.25) is 0 Å². The molecule has 8 nitrogen and oxygen atoms in total. The lowest BCUT2D eigenvalue weighted by Gasteiger charge is -2.18. The summed E-state index contributed by atoms with van der Waals surface area (Å²) in [5, 5.41) is 19.1. The molecule has 2 aromatic carbocycles. The first-order valence-corrected chi connectivity index (χ1v) is 8.06. The third-order valence-electron chi connectivity index (χ3n) is 4.45. The van der Waals surface area contributed by atoms with Crippen LogP contribution in [0.5, 0.6) is 0 Å². The number of methoxy groups -OCH3 is 2. The van der Waals surface area contributed by atoms with Crippen LogP contribution in [0.3, 0.4) is 0 Å². The molecule has 0 aliphatic carbocycles. The lowest BCUT2D eigenvalue weighted by Crippen LogP contribution is -2.22. The second kappa shape index (κ2) is 7.91. The summed E-state index contributed by atoms with van der Waals surface area (Å²) in [6.07, 6.45) is 0. The number of benzene rings is 2. The molecule has 2 N–H and O–H groups in total. The number of ether oxygens (including phenoxy) is 2. The highest BCUT2D eigenvalue weighted by Crippen LogP contribution is 2.35. The first kappa shape index (κ1) is 20.6. The summed E-state index contributed by atoms with van der Waals surface area (Å²) in [6, 6.07) is 6.22. The van der Waals surface area contributed by atoms with Crippen LogP contribution in [-0.4, -0.2) is 48.3 Å². The fourth-order valence-corrected chi connectivity index (χ4v) is 2.95. The van der Waals surface area contributed by atoms with Crippen LogP contribution < -0.4 is 0 Å². The van der Waals surface area contributed by atoms with Crippen LogP contribution in [-0.2, 0) is 9.47 Å². The Hall–Kier alpha value is -3.68. The Labute approximate surface area is 160 Å². The predicted octanol–water partition coefficient (Wildman–Crippen LogP) is 2.94. The topological polar surface area (TPSA) is 127 Å². The zero-order chi connectivity index (χ0) is 21.2. The first-order valence-electron chi connectivity index (χ1n) is 8.06. The van der Waals surface area contributed by atoms with Crippen molar-refractivity contribution in [2.45, 2.75) is 13.8 Å².